The van der Waals surface area contributed by atoms with Gasteiger partial charge in [0.15, 0.2) is 5.96 Å². The van der Waals surface area contributed by atoms with Crippen LogP contribution in [0.25, 0.3) is 0 Å². The molecule has 3 amide bonds. The van der Waals surface area contributed by atoms with Crippen molar-refractivity contribution in [2.75, 3.05) is 38.1 Å². The van der Waals surface area contributed by atoms with Gasteiger partial charge in [0.25, 0.3) is 5.91 Å². The van der Waals surface area contributed by atoms with Gasteiger partial charge in [0.1, 0.15) is 5.54 Å². The minimum atomic E-state index is -0.764. The summed E-state index contributed by atoms with van der Waals surface area (Å²) in [5.41, 5.74) is -0.764. The summed E-state index contributed by atoms with van der Waals surface area (Å²) in [6, 6.07) is 4.37. The number of aliphatic imine (C=N–C) groups is 1. The monoisotopic (exact) mass is 420 g/mol. The van der Waals surface area contributed by atoms with E-state index in [0.29, 0.717) is 32.0 Å². The van der Waals surface area contributed by atoms with E-state index in [0.717, 1.165) is 31.9 Å². The largest absolute Gasteiger partial charge is 0.363 e. The Kier molecular flexibility index (Phi) is 7.00. The normalized spacial score (nSPS) is 23.5. The van der Waals surface area contributed by atoms with Crippen LogP contribution in [0.1, 0.15) is 39.5 Å². The summed E-state index contributed by atoms with van der Waals surface area (Å²) in [4.78, 5) is 32.5. The summed E-state index contributed by atoms with van der Waals surface area (Å²) >= 11 is 1.79. The number of rotatable bonds is 7. The van der Waals surface area contributed by atoms with E-state index < -0.39 is 5.54 Å². The van der Waals surface area contributed by atoms with Crippen LogP contribution < -0.4 is 20.9 Å². The number of hydrogen-bond acceptors (Lipinski definition) is 5. The van der Waals surface area contributed by atoms with Crippen molar-refractivity contribution in [3.05, 3.63) is 17.5 Å². The van der Waals surface area contributed by atoms with E-state index in [9.17, 15) is 9.59 Å². The van der Waals surface area contributed by atoms with Gasteiger partial charge in [-0.1, -0.05) is 6.92 Å². The molecule has 0 spiro atoms. The number of urea groups is 1. The highest BCUT2D eigenvalue weighted by atomic mass is 32.1. The third kappa shape index (κ3) is 5.01. The van der Waals surface area contributed by atoms with E-state index in [1.165, 1.54) is 9.90 Å². The number of carbonyl (C=O) groups is 2. The zero-order chi connectivity index (χ0) is 20.9. The lowest BCUT2D eigenvalue weighted by molar-refractivity contribution is -0.130. The van der Waals surface area contributed by atoms with Gasteiger partial charge in [0, 0.05) is 39.3 Å². The lowest BCUT2D eigenvalue weighted by atomic mass is 9.99. The number of nitrogens with one attached hydrogen (secondary N) is 3. The molecule has 0 aromatic carbocycles. The van der Waals surface area contributed by atoms with E-state index in [-0.39, 0.29) is 11.9 Å². The fraction of sp³-hybridized carbons (Fsp3) is 0.650. The van der Waals surface area contributed by atoms with Gasteiger partial charge in [-0.25, -0.2) is 4.79 Å². The Bertz CT molecular complexity index is 729. The van der Waals surface area contributed by atoms with Crippen molar-refractivity contribution in [3.63, 3.8) is 0 Å². The van der Waals surface area contributed by atoms with Gasteiger partial charge in [-0.2, -0.15) is 0 Å². The molecule has 1 aromatic rings. The second-order valence-electron chi connectivity index (χ2n) is 7.78. The third-order valence-corrected chi connectivity index (χ3v) is 6.71. The molecule has 3 rings (SSSR count). The number of carbonyl (C=O) groups excluding carboxylic acids is 2. The van der Waals surface area contributed by atoms with Gasteiger partial charge >= 0.3 is 6.03 Å². The molecule has 3 N–H and O–H groups in total. The lowest BCUT2D eigenvalue weighted by Crippen LogP contribution is -2.49. The number of imide groups is 1. The average Bonchev–Trinajstić information content (AvgIpc) is 3.33. The van der Waals surface area contributed by atoms with Crippen molar-refractivity contribution in [3.8, 4) is 0 Å². The first-order chi connectivity index (χ1) is 14.0. The molecule has 1 aromatic heterocycles. The van der Waals surface area contributed by atoms with Gasteiger partial charge in [0.05, 0.1) is 5.00 Å². The van der Waals surface area contributed by atoms with Gasteiger partial charge in [0.2, 0.25) is 0 Å². The van der Waals surface area contributed by atoms with Crippen molar-refractivity contribution in [2.24, 2.45) is 4.99 Å². The van der Waals surface area contributed by atoms with E-state index in [2.05, 4.69) is 43.4 Å². The molecular weight excluding hydrogens is 388 g/mol. The van der Waals surface area contributed by atoms with Gasteiger partial charge in [-0.05, 0) is 50.1 Å². The molecule has 3 heterocycles. The summed E-state index contributed by atoms with van der Waals surface area (Å²) in [5, 5.41) is 13.0. The summed E-state index contributed by atoms with van der Waals surface area (Å²) in [6.45, 7) is 6.82. The number of anilines is 1. The Hall–Kier alpha value is -2.29. The Morgan fingerprint density at radius 2 is 2.14 bits per heavy atom. The maximum absolute atomic E-state index is 12.4. The summed E-state index contributed by atoms with van der Waals surface area (Å²) in [6.07, 6.45) is 3.40. The molecule has 0 bridgehead atoms. The maximum atomic E-state index is 12.4. The van der Waals surface area contributed by atoms with Crippen LogP contribution in [-0.2, 0) is 4.79 Å². The van der Waals surface area contributed by atoms with Gasteiger partial charge in [-0.15, -0.1) is 11.3 Å². The quantitative estimate of drug-likeness (QED) is 0.272. The van der Waals surface area contributed by atoms with Crippen LogP contribution in [0.5, 0.6) is 0 Å². The van der Waals surface area contributed by atoms with E-state index >= 15 is 0 Å². The number of nitrogens with zero attached hydrogens (tertiary/aromatic N) is 3. The average molecular weight is 421 g/mol. The second-order valence-corrected chi connectivity index (χ2v) is 8.71. The first-order valence-corrected chi connectivity index (χ1v) is 11.2. The molecule has 29 heavy (non-hydrogen) atoms. The fourth-order valence-corrected chi connectivity index (χ4v) is 4.50. The highest BCUT2D eigenvalue weighted by Gasteiger charge is 2.45. The molecule has 8 nitrogen and oxygen atoms in total. The zero-order valence-corrected chi connectivity index (χ0v) is 18.3. The topological polar surface area (TPSA) is 89.1 Å². The van der Waals surface area contributed by atoms with Crippen molar-refractivity contribution >= 4 is 34.2 Å². The van der Waals surface area contributed by atoms with Crippen LogP contribution in [0.2, 0.25) is 0 Å². The van der Waals surface area contributed by atoms with Gasteiger partial charge < -0.3 is 20.9 Å². The molecule has 1 unspecified atom stereocenters. The zero-order valence-electron chi connectivity index (χ0n) is 17.5. The minimum Gasteiger partial charge on any atom is -0.363 e. The highest BCUT2D eigenvalue weighted by molar-refractivity contribution is 7.14. The Morgan fingerprint density at radius 3 is 2.72 bits per heavy atom. The van der Waals surface area contributed by atoms with Crippen molar-refractivity contribution in [1.82, 2.24) is 20.9 Å². The van der Waals surface area contributed by atoms with E-state index in [4.69, 9.17) is 0 Å². The molecule has 2 aliphatic rings. The second kappa shape index (κ2) is 9.47. The van der Waals surface area contributed by atoms with Crippen LogP contribution in [-0.4, -0.2) is 67.6 Å². The lowest BCUT2D eigenvalue weighted by Gasteiger charge is -2.33. The predicted molar refractivity (Wildman–Crippen MR) is 118 cm³/mol. The standard InChI is InChI=1S/C20H32N6O2S/c1-4-20(2)17(27)26(19(28)24-20)11-6-10-22-18(21-3)23-15-8-12-25(13-9-15)16-7-5-14-29-16/h5,7,14-15H,4,6,8-13H2,1-3H3,(H,24,28)(H2,21,22,23). The van der Waals surface area contributed by atoms with Crippen molar-refractivity contribution < 1.29 is 9.59 Å². The van der Waals surface area contributed by atoms with Crippen LogP contribution >= 0.6 is 11.3 Å². The Balaban J connectivity index is 1.37. The Morgan fingerprint density at radius 1 is 1.38 bits per heavy atom. The molecule has 9 heteroatoms. The number of guanidine groups is 1. The molecule has 2 aliphatic heterocycles. The molecule has 0 aliphatic carbocycles. The Labute approximate surface area is 176 Å². The smallest absolute Gasteiger partial charge is 0.325 e. The first kappa shape index (κ1) is 21.4. The van der Waals surface area contributed by atoms with Crippen LogP contribution in [0.4, 0.5) is 9.80 Å². The van der Waals surface area contributed by atoms with Crippen molar-refractivity contribution in [1.29, 1.82) is 0 Å². The molecule has 2 fully saturated rings. The molecule has 1 atom stereocenters. The molecular formula is C20H32N6O2S. The van der Waals surface area contributed by atoms with E-state index in [1.54, 1.807) is 25.3 Å². The molecule has 0 saturated carbocycles. The van der Waals surface area contributed by atoms with Crippen LogP contribution in [0, 0.1) is 0 Å². The summed E-state index contributed by atoms with van der Waals surface area (Å²) in [7, 11) is 1.76. The predicted octanol–water partition coefficient (Wildman–Crippen LogP) is 1.99. The number of thiophene rings is 1. The molecule has 2 saturated heterocycles. The van der Waals surface area contributed by atoms with Gasteiger partial charge in [-0.3, -0.25) is 14.7 Å². The first-order valence-electron chi connectivity index (χ1n) is 10.4. The highest BCUT2D eigenvalue weighted by Crippen LogP contribution is 2.25. The number of piperidine rings is 1. The van der Waals surface area contributed by atoms with E-state index in [1.807, 2.05) is 6.92 Å². The molecule has 0 radical (unpaired) electrons. The SMILES string of the molecule is CCC1(C)NC(=O)N(CCCNC(=NC)NC2CCN(c3cccs3)CC2)C1=O. The number of amides is 3. The fourth-order valence-electron chi connectivity index (χ4n) is 3.72. The van der Waals surface area contributed by atoms with Crippen LogP contribution in [0.3, 0.4) is 0 Å². The maximum Gasteiger partial charge on any atom is 0.325 e. The third-order valence-electron chi connectivity index (χ3n) is 5.78. The molecule has 160 valence electrons. The number of hydrogen-bond donors (Lipinski definition) is 3. The van der Waals surface area contributed by atoms with Crippen molar-refractivity contribution in [2.45, 2.75) is 51.1 Å². The van der Waals surface area contributed by atoms with Crippen LogP contribution in [0.15, 0.2) is 22.5 Å². The summed E-state index contributed by atoms with van der Waals surface area (Å²) < 4.78 is 0. The minimum absolute atomic E-state index is 0.134. The summed E-state index contributed by atoms with van der Waals surface area (Å²) in [5.74, 6) is 0.639.